The van der Waals surface area contributed by atoms with Gasteiger partial charge < -0.3 is 9.88 Å². The molecule has 2 heterocycles. The molecule has 6 nitrogen and oxygen atoms in total. The number of hydrogen-bond acceptors (Lipinski definition) is 4. The number of halogens is 3. The van der Waals surface area contributed by atoms with E-state index in [2.05, 4.69) is 10.3 Å². The Morgan fingerprint density at radius 3 is 2.48 bits per heavy atom. The van der Waals surface area contributed by atoms with Crippen LogP contribution in [0.25, 0.3) is 10.9 Å². The molecule has 9 heteroatoms. The smallest absolute Gasteiger partial charge is 0.293 e. The standard InChI is InChI=1S/C24H21F3N4O2/c25-18-4-1-15(2-5-18)7-8-28-11-17-14-31(13-16-3-6-19(26)9-21(16)27)23-12-29-22(10-20(17)23)24(32)30-33/h1-6,9-10,12,14,28,33H,7-8,11,13H2,(H,30,32). The van der Waals surface area contributed by atoms with Gasteiger partial charge >= 0.3 is 0 Å². The summed E-state index contributed by atoms with van der Waals surface area (Å²) in [6.07, 6.45) is 3.99. The fraction of sp³-hybridized carbons (Fsp3) is 0.167. The van der Waals surface area contributed by atoms with Crippen LogP contribution in [0.2, 0.25) is 0 Å². The second-order valence-electron chi connectivity index (χ2n) is 7.60. The molecule has 2 aromatic carbocycles. The van der Waals surface area contributed by atoms with Crippen LogP contribution in [0.15, 0.2) is 60.9 Å². The minimum Gasteiger partial charge on any atom is -0.341 e. The number of nitrogens with one attached hydrogen (secondary N) is 2. The lowest BCUT2D eigenvalue weighted by atomic mass is 10.1. The van der Waals surface area contributed by atoms with Crippen molar-refractivity contribution >= 4 is 16.8 Å². The largest absolute Gasteiger partial charge is 0.341 e. The minimum absolute atomic E-state index is 0.0308. The van der Waals surface area contributed by atoms with E-state index in [1.54, 1.807) is 28.2 Å². The quantitative estimate of drug-likeness (QED) is 0.214. The van der Waals surface area contributed by atoms with Gasteiger partial charge in [0, 0.05) is 29.8 Å². The molecule has 1 amide bonds. The number of pyridine rings is 1. The molecule has 0 aliphatic rings. The Morgan fingerprint density at radius 1 is 1.00 bits per heavy atom. The molecule has 0 bridgehead atoms. The first-order valence-electron chi connectivity index (χ1n) is 10.3. The molecule has 4 aromatic rings. The molecule has 0 fully saturated rings. The van der Waals surface area contributed by atoms with Gasteiger partial charge in [-0.1, -0.05) is 18.2 Å². The van der Waals surface area contributed by atoms with Gasteiger partial charge in [-0.3, -0.25) is 10.0 Å². The molecule has 0 radical (unpaired) electrons. The van der Waals surface area contributed by atoms with Crippen molar-refractivity contribution in [2.24, 2.45) is 0 Å². The summed E-state index contributed by atoms with van der Waals surface area (Å²) < 4.78 is 42.3. The van der Waals surface area contributed by atoms with Crippen molar-refractivity contribution in [2.75, 3.05) is 6.54 Å². The Hall–Kier alpha value is -3.69. The van der Waals surface area contributed by atoms with Gasteiger partial charge in [0.05, 0.1) is 18.3 Å². The van der Waals surface area contributed by atoms with Crippen molar-refractivity contribution in [1.29, 1.82) is 0 Å². The predicted molar refractivity (Wildman–Crippen MR) is 116 cm³/mol. The highest BCUT2D eigenvalue weighted by Gasteiger charge is 2.15. The highest BCUT2D eigenvalue weighted by molar-refractivity contribution is 5.96. The molecule has 0 aliphatic heterocycles. The van der Waals surface area contributed by atoms with Crippen LogP contribution in [0.4, 0.5) is 13.2 Å². The number of carbonyl (C=O) groups is 1. The maximum Gasteiger partial charge on any atom is 0.293 e. The first-order valence-corrected chi connectivity index (χ1v) is 10.3. The summed E-state index contributed by atoms with van der Waals surface area (Å²) in [7, 11) is 0. The number of hydroxylamine groups is 1. The average Bonchev–Trinajstić information content (AvgIpc) is 3.15. The number of aromatic nitrogens is 2. The van der Waals surface area contributed by atoms with Gasteiger partial charge in [0.15, 0.2) is 0 Å². The van der Waals surface area contributed by atoms with Crippen molar-refractivity contribution < 1.29 is 23.2 Å². The van der Waals surface area contributed by atoms with Gasteiger partial charge in [-0.2, -0.15) is 0 Å². The lowest BCUT2D eigenvalue weighted by Gasteiger charge is -2.07. The Morgan fingerprint density at radius 2 is 1.76 bits per heavy atom. The number of hydrogen-bond donors (Lipinski definition) is 3. The number of amides is 1. The topological polar surface area (TPSA) is 79.2 Å². The average molecular weight is 454 g/mol. The highest BCUT2D eigenvalue weighted by atomic mass is 19.1. The SMILES string of the molecule is O=C(NO)c1cc2c(CNCCc3ccc(F)cc3)cn(Cc3ccc(F)cc3F)c2cn1. The van der Waals surface area contributed by atoms with E-state index in [4.69, 9.17) is 5.21 Å². The van der Waals surface area contributed by atoms with Gasteiger partial charge in [0.1, 0.15) is 23.1 Å². The molecular weight excluding hydrogens is 433 g/mol. The Labute approximate surface area is 187 Å². The molecule has 0 spiro atoms. The van der Waals surface area contributed by atoms with E-state index in [0.717, 1.165) is 17.2 Å². The number of nitrogens with zero attached hydrogens (tertiary/aromatic N) is 2. The first kappa shape index (κ1) is 22.5. The zero-order chi connectivity index (χ0) is 23.4. The van der Waals surface area contributed by atoms with Crippen LogP contribution in [0, 0.1) is 17.5 Å². The number of carbonyl (C=O) groups excluding carboxylic acids is 1. The molecule has 4 rings (SSSR count). The van der Waals surface area contributed by atoms with E-state index >= 15 is 0 Å². The van der Waals surface area contributed by atoms with Gasteiger partial charge in [0.2, 0.25) is 0 Å². The monoisotopic (exact) mass is 454 g/mol. The van der Waals surface area contributed by atoms with Gasteiger partial charge in [0.25, 0.3) is 5.91 Å². The van der Waals surface area contributed by atoms with Crippen molar-refractivity contribution in [1.82, 2.24) is 20.3 Å². The van der Waals surface area contributed by atoms with Crippen LogP contribution in [0.1, 0.15) is 27.2 Å². The van der Waals surface area contributed by atoms with E-state index in [0.29, 0.717) is 36.0 Å². The van der Waals surface area contributed by atoms with E-state index in [-0.39, 0.29) is 18.1 Å². The molecule has 0 saturated carbocycles. The van der Waals surface area contributed by atoms with Crippen LogP contribution in [0.3, 0.4) is 0 Å². The molecular formula is C24H21F3N4O2. The molecule has 3 N–H and O–H groups in total. The van der Waals surface area contributed by atoms with Crippen molar-refractivity contribution in [3.05, 3.63) is 101 Å². The lowest BCUT2D eigenvalue weighted by molar-refractivity contribution is 0.0701. The maximum absolute atomic E-state index is 14.2. The Balaban J connectivity index is 1.57. The summed E-state index contributed by atoms with van der Waals surface area (Å²) in [5.41, 5.74) is 4.38. The number of fused-ring (bicyclic) bond motifs is 1. The number of benzene rings is 2. The summed E-state index contributed by atoms with van der Waals surface area (Å²) in [5, 5.41) is 13.0. The fourth-order valence-corrected chi connectivity index (χ4v) is 3.65. The second kappa shape index (κ2) is 9.85. The van der Waals surface area contributed by atoms with Gasteiger partial charge in [-0.25, -0.2) is 23.6 Å². The normalized spacial score (nSPS) is 11.2. The lowest BCUT2D eigenvalue weighted by Crippen LogP contribution is -2.20. The summed E-state index contributed by atoms with van der Waals surface area (Å²) in [6.45, 7) is 1.21. The van der Waals surface area contributed by atoms with Crippen molar-refractivity contribution in [3.8, 4) is 0 Å². The molecule has 170 valence electrons. The third-order valence-electron chi connectivity index (χ3n) is 5.36. The highest BCUT2D eigenvalue weighted by Crippen LogP contribution is 2.24. The fourth-order valence-electron chi connectivity index (χ4n) is 3.65. The second-order valence-corrected chi connectivity index (χ2v) is 7.60. The zero-order valence-electron chi connectivity index (χ0n) is 17.5. The molecule has 2 aromatic heterocycles. The summed E-state index contributed by atoms with van der Waals surface area (Å²) in [6, 6.07) is 11.3. The van der Waals surface area contributed by atoms with Gasteiger partial charge in [-0.05, 0) is 48.4 Å². The van der Waals surface area contributed by atoms with Crippen molar-refractivity contribution in [2.45, 2.75) is 19.5 Å². The Kier molecular flexibility index (Phi) is 6.71. The van der Waals surface area contributed by atoms with Crippen LogP contribution in [0.5, 0.6) is 0 Å². The van der Waals surface area contributed by atoms with Crippen LogP contribution < -0.4 is 10.8 Å². The third kappa shape index (κ3) is 5.21. The van der Waals surface area contributed by atoms with Crippen LogP contribution >= 0.6 is 0 Å². The van der Waals surface area contributed by atoms with E-state index < -0.39 is 17.5 Å². The summed E-state index contributed by atoms with van der Waals surface area (Å²) >= 11 is 0. The molecule has 33 heavy (non-hydrogen) atoms. The minimum atomic E-state index is -0.746. The maximum atomic E-state index is 14.2. The Bertz CT molecular complexity index is 1290. The molecule has 0 atom stereocenters. The molecule has 0 aliphatic carbocycles. The zero-order valence-corrected chi connectivity index (χ0v) is 17.5. The van der Waals surface area contributed by atoms with Crippen molar-refractivity contribution in [3.63, 3.8) is 0 Å². The molecule has 0 saturated heterocycles. The van der Waals surface area contributed by atoms with E-state index in [1.807, 2.05) is 6.20 Å². The van der Waals surface area contributed by atoms with E-state index in [9.17, 15) is 18.0 Å². The van der Waals surface area contributed by atoms with Crippen LogP contribution in [-0.2, 0) is 19.5 Å². The number of rotatable bonds is 8. The van der Waals surface area contributed by atoms with Crippen LogP contribution in [-0.4, -0.2) is 27.2 Å². The molecule has 0 unspecified atom stereocenters. The summed E-state index contributed by atoms with van der Waals surface area (Å²) in [4.78, 5) is 15.9. The van der Waals surface area contributed by atoms with E-state index in [1.165, 1.54) is 30.5 Å². The first-order chi connectivity index (χ1) is 15.9. The third-order valence-corrected chi connectivity index (χ3v) is 5.36. The van der Waals surface area contributed by atoms with Gasteiger partial charge in [-0.15, -0.1) is 0 Å². The summed E-state index contributed by atoms with van der Waals surface area (Å²) in [5.74, 6) is -2.33. The predicted octanol–water partition coefficient (Wildman–Crippen LogP) is 3.95.